The number of nitrogens with two attached hydrogens (primary N) is 1. The third-order valence-electron chi connectivity index (χ3n) is 3.98. The molecule has 2 unspecified atom stereocenters. The fraction of sp³-hybridized carbons (Fsp3) is 0.625. The van der Waals surface area contributed by atoms with Gasteiger partial charge >= 0.3 is 0 Å². The van der Waals surface area contributed by atoms with E-state index in [1.54, 1.807) is 0 Å². The Hall–Kier alpha value is -1.22. The summed E-state index contributed by atoms with van der Waals surface area (Å²) < 4.78 is 6.06. The molecule has 0 radical (unpaired) electrons. The van der Waals surface area contributed by atoms with Gasteiger partial charge in [-0.05, 0) is 37.0 Å². The topological polar surface area (TPSA) is 38.5 Å². The maximum atomic E-state index is 6.06. The second-order valence-corrected chi connectivity index (χ2v) is 5.77. The highest BCUT2D eigenvalue weighted by Gasteiger charge is 2.27. The van der Waals surface area contributed by atoms with Crippen LogP contribution in [0.5, 0.6) is 5.75 Å². The van der Waals surface area contributed by atoms with Crippen molar-refractivity contribution in [3.8, 4) is 5.75 Å². The minimum absolute atomic E-state index is 0.270. The van der Waals surface area contributed by atoms with Crippen LogP contribution in [0.1, 0.15) is 45.6 Å². The lowest BCUT2D eigenvalue weighted by Gasteiger charge is -2.39. The third-order valence-corrected chi connectivity index (χ3v) is 3.98. The van der Waals surface area contributed by atoms with Crippen LogP contribution in [0, 0.1) is 0 Å². The first-order valence-electron chi connectivity index (χ1n) is 7.34. The van der Waals surface area contributed by atoms with Gasteiger partial charge in [-0.25, -0.2) is 0 Å². The van der Waals surface area contributed by atoms with E-state index in [-0.39, 0.29) is 6.10 Å². The van der Waals surface area contributed by atoms with Gasteiger partial charge in [-0.15, -0.1) is 0 Å². The van der Waals surface area contributed by atoms with Crippen molar-refractivity contribution in [3.05, 3.63) is 23.8 Å². The molecule has 0 fully saturated rings. The van der Waals surface area contributed by atoms with Crippen LogP contribution in [-0.4, -0.2) is 25.2 Å². The van der Waals surface area contributed by atoms with E-state index >= 15 is 0 Å². The Morgan fingerprint density at radius 3 is 2.68 bits per heavy atom. The van der Waals surface area contributed by atoms with Crippen LogP contribution in [0.15, 0.2) is 18.2 Å². The number of hydrogen-bond acceptors (Lipinski definition) is 3. The van der Waals surface area contributed by atoms with Crippen LogP contribution in [0.4, 0.5) is 5.69 Å². The van der Waals surface area contributed by atoms with E-state index in [1.165, 1.54) is 11.3 Å². The van der Waals surface area contributed by atoms with Crippen LogP contribution in [0.2, 0.25) is 0 Å². The van der Waals surface area contributed by atoms with E-state index in [2.05, 4.69) is 50.8 Å². The largest absolute Gasteiger partial charge is 0.486 e. The number of hydrogen-bond donors (Lipinski definition) is 1. The highest BCUT2D eigenvalue weighted by atomic mass is 16.5. The van der Waals surface area contributed by atoms with Crippen molar-refractivity contribution in [2.24, 2.45) is 5.73 Å². The van der Waals surface area contributed by atoms with Gasteiger partial charge in [0.2, 0.25) is 0 Å². The van der Waals surface area contributed by atoms with Crippen molar-refractivity contribution in [2.75, 3.05) is 18.0 Å². The third kappa shape index (κ3) is 2.86. The lowest BCUT2D eigenvalue weighted by molar-refractivity contribution is 0.185. The first-order chi connectivity index (χ1) is 9.06. The van der Waals surface area contributed by atoms with E-state index in [0.717, 1.165) is 18.7 Å². The smallest absolute Gasteiger partial charge is 0.143 e. The minimum atomic E-state index is 0.270. The second-order valence-electron chi connectivity index (χ2n) is 5.77. The van der Waals surface area contributed by atoms with E-state index in [1.807, 2.05) is 0 Å². The highest BCUT2D eigenvalue weighted by molar-refractivity contribution is 5.62. The van der Waals surface area contributed by atoms with Gasteiger partial charge in [-0.1, -0.05) is 26.8 Å². The summed E-state index contributed by atoms with van der Waals surface area (Å²) >= 11 is 0. The Labute approximate surface area is 116 Å². The molecular formula is C16H26N2O. The van der Waals surface area contributed by atoms with Crippen molar-refractivity contribution in [3.63, 3.8) is 0 Å². The van der Waals surface area contributed by atoms with Crippen molar-refractivity contribution in [2.45, 2.75) is 52.2 Å². The standard InChI is InChI=1S/C16H26N2O/c1-5-14-10-18(12(4)9-17)15-8-13(11(2)3)6-7-16(15)19-14/h6-8,11-12,14H,5,9-10,17H2,1-4H3. The lowest BCUT2D eigenvalue weighted by atomic mass is 10.0. The van der Waals surface area contributed by atoms with Gasteiger partial charge in [0, 0.05) is 12.6 Å². The van der Waals surface area contributed by atoms with Crippen LogP contribution in [-0.2, 0) is 0 Å². The molecule has 2 rings (SSSR count). The summed E-state index contributed by atoms with van der Waals surface area (Å²) in [4.78, 5) is 2.40. The summed E-state index contributed by atoms with van der Waals surface area (Å²) in [5.74, 6) is 1.53. The average Bonchev–Trinajstić information content (AvgIpc) is 2.44. The van der Waals surface area contributed by atoms with Crippen molar-refractivity contribution >= 4 is 5.69 Å². The minimum Gasteiger partial charge on any atom is -0.486 e. The second kappa shape index (κ2) is 5.83. The Morgan fingerprint density at radius 1 is 1.37 bits per heavy atom. The lowest BCUT2D eigenvalue weighted by Crippen LogP contribution is -2.47. The van der Waals surface area contributed by atoms with Crippen molar-refractivity contribution < 1.29 is 4.74 Å². The highest BCUT2D eigenvalue weighted by Crippen LogP contribution is 2.37. The van der Waals surface area contributed by atoms with Gasteiger partial charge in [-0.2, -0.15) is 0 Å². The first-order valence-corrected chi connectivity index (χ1v) is 7.34. The average molecular weight is 262 g/mol. The molecule has 0 saturated carbocycles. The summed E-state index contributed by atoms with van der Waals surface area (Å²) in [5, 5.41) is 0. The molecule has 2 atom stereocenters. The van der Waals surface area contributed by atoms with E-state index < -0.39 is 0 Å². The molecule has 19 heavy (non-hydrogen) atoms. The molecule has 1 aliphatic rings. The molecule has 0 amide bonds. The zero-order valence-electron chi connectivity index (χ0n) is 12.5. The van der Waals surface area contributed by atoms with Crippen LogP contribution < -0.4 is 15.4 Å². The zero-order chi connectivity index (χ0) is 14.0. The molecule has 106 valence electrons. The summed E-state index contributed by atoms with van der Waals surface area (Å²) in [6.07, 6.45) is 1.30. The predicted molar refractivity (Wildman–Crippen MR) is 81.1 cm³/mol. The molecule has 3 heteroatoms. The Morgan fingerprint density at radius 2 is 2.11 bits per heavy atom. The number of benzene rings is 1. The number of rotatable bonds is 4. The predicted octanol–water partition coefficient (Wildman–Crippen LogP) is 3.13. The number of anilines is 1. The molecule has 3 nitrogen and oxygen atoms in total. The summed E-state index contributed by atoms with van der Waals surface area (Å²) in [6.45, 7) is 10.4. The maximum absolute atomic E-state index is 6.06. The van der Waals surface area contributed by atoms with Crippen molar-refractivity contribution in [1.29, 1.82) is 0 Å². The summed E-state index contributed by atoms with van der Waals surface area (Å²) in [5.41, 5.74) is 8.42. The molecule has 0 aromatic heterocycles. The van der Waals surface area contributed by atoms with Gasteiger partial charge in [0.1, 0.15) is 11.9 Å². The van der Waals surface area contributed by atoms with Gasteiger partial charge in [0.25, 0.3) is 0 Å². The van der Waals surface area contributed by atoms with E-state index in [9.17, 15) is 0 Å². The first kappa shape index (κ1) is 14.2. The number of nitrogens with zero attached hydrogens (tertiary/aromatic N) is 1. The van der Waals surface area contributed by atoms with Crippen LogP contribution in [0.25, 0.3) is 0 Å². The van der Waals surface area contributed by atoms with Crippen LogP contribution >= 0.6 is 0 Å². The number of ether oxygens (including phenoxy) is 1. The zero-order valence-corrected chi connectivity index (χ0v) is 12.5. The molecule has 2 N–H and O–H groups in total. The molecule has 0 aliphatic carbocycles. The fourth-order valence-corrected chi connectivity index (χ4v) is 2.51. The van der Waals surface area contributed by atoms with Gasteiger partial charge < -0.3 is 15.4 Å². The Balaban J connectivity index is 2.39. The van der Waals surface area contributed by atoms with E-state index in [4.69, 9.17) is 10.5 Å². The molecule has 0 bridgehead atoms. The normalized spacial score (nSPS) is 20.1. The molecular weight excluding hydrogens is 236 g/mol. The van der Waals surface area contributed by atoms with E-state index in [0.29, 0.717) is 18.5 Å². The molecule has 1 heterocycles. The molecule has 1 aliphatic heterocycles. The van der Waals surface area contributed by atoms with Crippen molar-refractivity contribution in [1.82, 2.24) is 0 Å². The summed E-state index contributed by atoms with van der Waals surface area (Å²) in [7, 11) is 0. The van der Waals surface area contributed by atoms with Gasteiger partial charge in [0.05, 0.1) is 12.2 Å². The molecule has 1 aromatic carbocycles. The van der Waals surface area contributed by atoms with Gasteiger partial charge in [-0.3, -0.25) is 0 Å². The molecule has 1 aromatic rings. The fourth-order valence-electron chi connectivity index (χ4n) is 2.51. The summed E-state index contributed by atoms with van der Waals surface area (Å²) in [6, 6.07) is 6.90. The Kier molecular flexibility index (Phi) is 4.35. The molecule has 0 saturated heterocycles. The molecule has 0 spiro atoms. The van der Waals surface area contributed by atoms with Crippen LogP contribution in [0.3, 0.4) is 0 Å². The number of fused-ring (bicyclic) bond motifs is 1. The quantitative estimate of drug-likeness (QED) is 0.906. The Bertz CT molecular complexity index is 431. The maximum Gasteiger partial charge on any atom is 0.143 e. The SMILES string of the molecule is CCC1CN(C(C)CN)c2cc(C(C)C)ccc2O1. The van der Waals surface area contributed by atoms with Gasteiger partial charge in [0.15, 0.2) is 0 Å². The monoisotopic (exact) mass is 262 g/mol.